The van der Waals surface area contributed by atoms with Crippen molar-refractivity contribution >= 4 is 40.6 Å². The summed E-state index contributed by atoms with van der Waals surface area (Å²) in [7, 11) is 3.91. The number of amides is 1. The quantitative estimate of drug-likeness (QED) is 0.696. The molecular formula is C19H18Cl2N4O. The summed E-state index contributed by atoms with van der Waals surface area (Å²) in [6.07, 6.45) is 1.63. The molecule has 0 saturated heterocycles. The second-order valence-electron chi connectivity index (χ2n) is 5.98. The molecule has 0 aliphatic rings. The largest absolute Gasteiger partial charge is 0.378 e. The van der Waals surface area contributed by atoms with Gasteiger partial charge in [-0.2, -0.15) is 5.10 Å². The minimum Gasteiger partial charge on any atom is -0.378 e. The fraction of sp³-hybridized carbons (Fsp3) is 0.158. The summed E-state index contributed by atoms with van der Waals surface area (Å²) in [6.45, 7) is 0.404. The van der Waals surface area contributed by atoms with Crippen LogP contribution in [0.2, 0.25) is 10.0 Å². The molecule has 0 fully saturated rings. The fourth-order valence-corrected chi connectivity index (χ4v) is 2.88. The zero-order valence-electron chi connectivity index (χ0n) is 14.4. The fourth-order valence-electron chi connectivity index (χ4n) is 2.50. The zero-order chi connectivity index (χ0) is 18.7. The topological polar surface area (TPSA) is 50.2 Å². The number of hydrogen-bond acceptors (Lipinski definition) is 3. The summed E-state index contributed by atoms with van der Waals surface area (Å²) < 4.78 is 1.67. The van der Waals surface area contributed by atoms with E-state index in [-0.39, 0.29) is 5.91 Å². The van der Waals surface area contributed by atoms with Gasteiger partial charge in [0.25, 0.3) is 5.91 Å². The van der Waals surface area contributed by atoms with Crippen LogP contribution in [0.1, 0.15) is 15.9 Å². The number of anilines is 2. The monoisotopic (exact) mass is 388 g/mol. The van der Waals surface area contributed by atoms with E-state index in [2.05, 4.69) is 10.4 Å². The number of benzene rings is 2. The van der Waals surface area contributed by atoms with Crippen LogP contribution in [0.4, 0.5) is 11.5 Å². The Morgan fingerprint density at radius 1 is 1.12 bits per heavy atom. The predicted molar refractivity (Wildman–Crippen MR) is 107 cm³/mol. The zero-order valence-corrected chi connectivity index (χ0v) is 15.9. The smallest absolute Gasteiger partial charge is 0.256 e. The molecule has 0 aliphatic carbocycles. The average Bonchev–Trinajstić information content (AvgIpc) is 3.05. The van der Waals surface area contributed by atoms with Crippen molar-refractivity contribution in [2.45, 2.75) is 6.54 Å². The van der Waals surface area contributed by atoms with Gasteiger partial charge < -0.3 is 10.2 Å². The van der Waals surface area contributed by atoms with E-state index in [0.717, 1.165) is 11.3 Å². The van der Waals surface area contributed by atoms with Crippen LogP contribution in [0, 0.1) is 0 Å². The Labute approximate surface area is 162 Å². The highest BCUT2D eigenvalue weighted by atomic mass is 35.5. The Balaban J connectivity index is 1.76. The van der Waals surface area contributed by atoms with Gasteiger partial charge >= 0.3 is 0 Å². The van der Waals surface area contributed by atoms with Crippen LogP contribution in [0.25, 0.3) is 0 Å². The maximum atomic E-state index is 12.5. The highest BCUT2D eigenvalue weighted by Crippen LogP contribution is 2.26. The summed E-state index contributed by atoms with van der Waals surface area (Å²) in [4.78, 5) is 14.5. The molecule has 7 heteroatoms. The highest BCUT2D eigenvalue weighted by Gasteiger charge is 2.12. The lowest BCUT2D eigenvalue weighted by Gasteiger charge is -2.13. The lowest BCUT2D eigenvalue weighted by Crippen LogP contribution is -2.16. The Hall–Kier alpha value is -2.50. The molecule has 0 unspecified atom stereocenters. The van der Waals surface area contributed by atoms with Crippen molar-refractivity contribution in [1.82, 2.24) is 9.78 Å². The first kappa shape index (κ1) is 18.3. The van der Waals surface area contributed by atoms with Crippen molar-refractivity contribution in [1.29, 1.82) is 0 Å². The summed E-state index contributed by atoms with van der Waals surface area (Å²) in [5.74, 6) is 0.386. The van der Waals surface area contributed by atoms with Crippen LogP contribution in [0.3, 0.4) is 0 Å². The normalized spacial score (nSPS) is 10.6. The van der Waals surface area contributed by atoms with E-state index < -0.39 is 0 Å². The van der Waals surface area contributed by atoms with Gasteiger partial charge in [-0.15, -0.1) is 0 Å². The third-order valence-corrected chi connectivity index (χ3v) is 4.81. The van der Waals surface area contributed by atoms with E-state index in [1.54, 1.807) is 35.1 Å². The Morgan fingerprint density at radius 3 is 2.54 bits per heavy atom. The molecule has 5 nitrogen and oxygen atoms in total. The number of hydrogen-bond donors (Lipinski definition) is 1. The molecule has 0 atom stereocenters. The summed E-state index contributed by atoms with van der Waals surface area (Å²) in [6, 6.07) is 14.6. The predicted octanol–water partition coefficient (Wildman–Crippen LogP) is 4.56. The molecule has 0 spiro atoms. The SMILES string of the molecule is CN(C)c1ccc(C(=O)Nc2ccnn2Cc2cccc(Cl)c2Cl)cc1. The van der Waals surface area contributed by atoms with Crippen molar-refractivity contribution in [3.63, 3.8) is 0 Å². The first-order valence-electron chi connectivity index (χ1n) is 7.99. The molecule has 3 aromatic rings. The Morgan fingerprint density at radius 2 is 1.85 bits per heavy atom. The van der Waals surface area contributed by atoms with Gasteiger partial charge in [0.1, 0.15) is 5.82 Å². The standard InChI is InChI=1S/C19H18Cl2N4O/c1-24(2)15-8-6-13(7-9-15)19(26)23-17-10-11-22-25(17)12-14-4-3-5-16(20)18(14)21/h3-11H,12H2,1-2H3,(H,23,26). The number of carbonyl (C=O) groups is 1. The molecule has 3 rings (SSSR count). The third-order valence-electron chi connectivity index (χ3n) is 3.96. The van der Waals surface area contributed by atoms with Crippen molar-refractivity contribution < 1.29 is 4.79 Å². The number of aromatic nitrogens is 2. The van der Waals surface area contributed by atoms with E-state index in [1.165, 1.54) is 0 Å². The van der Waals surface area contributed by atoms with Gasteiger partial charge in [0, 0.05) is 31.4 Å². The maximum absolute atomic E-state index is 12.5. The van der Waals surface area contributed by atoms with Gasteiger partial charge in [-0.1, -0.05) is 35.3 Å². The van der Waals surface area contributed by atoms with Crippen LogP contribution >= 0.6 is 23.2 Å². The number of nitrogens with one attached hydrogen (secondary N) is 1. The van der Waals surface area contributed by atoms with Gasteiger partial charge in [0.15, 0.2) is 0 Å². The van der Waals surface area contributed by atoms with Crippen LogP contribution in [0.15, 0.2) is 54.7 Å². The first-order valence-corrected chi connectivity index (χ1v) is 8.75. The second-order valence-corrected chi connectivity index (χ2v) is 6.77. The Bertz CT molecular complexity index is 920. The van der Waals surface area contributed by atoms with Gasteiger partial charge in [-0.3, -0.25) is 4.79 Å². The van der Waals surface area contributed by atoms with Crippen molar-refractivity contribution in [2.75, 3.05) is 24.3 Å². The lowest BCUT2D eigenvalue weighted by atomic mass is 10.2. The van der Waals surface area contributed by atoms with Gasteiger partial charge in [0.05, 0.1) is 22.8 Å². The van der Waals surface area contributed by atoms with E-state index in [9.17, 15) is 4.79 Å². The van der Waals surface area contributed by atoms with Crippen molar-refractivity contribution in [3.05, 3.63) is 75.9 Å². The molecular weight excluding hydrogens is 371 g/mol. The van der Waals surface area contributed by atoms with E-state index in [1.807, 2.05) is 43.3 Å². The van der Waals surface area contributed by atoms with E-state index in [0.29, 0.717) is 28.0 Å². The molecule has 0 saturated carbocycles. The van der Waals surface area contributed by atoms with E-state index in [4.69, 9.17) is 23.2 Å². The molecule has 0 bridgehead atoms. The van der Waals surface area contributed by atoms with Gasteiger partial charge in [0.2, 0.25) is 0 Å². The van der Waals surface area contributed by atoms with Gasteiger partial charge in [-0.25, -0.2) is 4.68 Å². The summed E-state index contributed by atoms with van der Waals surface area (Å²) in [5.41, 5.74) is 2.43. The molecule has 1 heterocycles. The number of carbonyl (C=O) groups excluding carboxylic acids is 1. The third kappa shape index (κ3) is 4.00. The maximum Gasteiger partial charge on any atom is 0.256 e. The second kappa shape index (κ2) is 7.81. The molecule has 134 valence electrons. The lowest BCUT2D eigenvalue weighted by molar-refractivity contribution is 0.102. The molecule has 26 heavy (non-hydrogen) atoms. The molecule has 1 amide bonds. The molecule has 0 radical (unpaired) electrons. The summed E-state index contributed by atoms with van der Waals surface area (Å²) >= 11 is 12.3. The Kier molecular flexibility index (Phi) is 5.49. The molecule has 0 aliphatic heterocycles. The molecule has 2 aromatic carbocycles. The number of rotatable bonds is 5. The number of halogens is 2. The minimum absolute atomic E-state index is 0.200. The van der Waals surface area contributed by atoms with Crippen molar-refractivity contribution in [3.8, 4) is 0 Å². The molecule has 1 N–H and O–H groups in total. The number of nitrogens with zero attached hydrogens (tertiary/aromatic N) is 3. The van der Waals surface area contributed by atoms with Crippen LogP contribution in [0.5, 0.6) is 0 Å². The average molecular weight is 389 g/mol. The summed E-state index contributed by atoms with van der Waals surface area (Å²) in [5, 5.41) is 8.12. The van der Waals surface area contributed by atoms with Crippen LogP contribution < -0.4 is 10.2 Å². The van der Waals surface area contributed by atoms with Crippen LogP contribution in [-0.2, 0) is 6.54 Å². The molecule has 1 aromatic heterocycles. The van der Waals surface area contributed by atoms with Gasteiger partial charge in [-0.05, 0) is 35.9 Å². The minimum atomic E-state index is -0.200. The first-order chi connectivity index (χ1) is 12.5. The van der Waals surface area contributed by atoms with Crippen molar-refractivity contribution in [2.24, 2.45) is 0 Å². The highest BCUT2D eigenvalue weighted by molar-refractivity contribution is 6.42. The van der Waals surface area contributed by atoms with Crippen LogP contribution in [-0.4, -0.2) is 29.8 Å². The van der Waals surface area contributed by atoms with E-state index >= 15 is 0 Å².